The SMILES string of the molecule is c1cnc2c(NCC3CCOCC3)cccc2c1. The minimum Gasteiger partial charge on any atom is -0.383 e. The van der Waals surface area contributed by atoms with E-state index in [1.54, 1.807) is 0 Å². The molecule has 94 valence electrons. The number of rotatable bonds is 3. The summed E-state index contributed by atoms with van der Waals surface area (Å²) in [5.74, 6) is 0.720. The Kier molecular flexibility index (Phi) is 3.42. The Morgan fingerprint density at radius 3 is 2.89 bits per heavy atom. The lowest BCUT2D eigenvalue weighted by Crippen LogP contribution is -2.22. The molecule has 0 aliphatic carbocycles. The van der Waals surface area contributed by atoms with Crippen molar-refractivity contribution in [3.05, 3.63) is 36.5 Å². The Hall–Kier alpha value is -1.61. The summed E-state index contributed by atoms with van der Waals surface area (Å²) in [4.78, 5) is 4.46. The molecule has 1 aromatic heterocycles. The lowest BCUT2D eigenvalue weighted by atomic mass is 10.0. The third-order valence-corrected chi connectivity index (χ3v) is 3.55. The van der Waals surface area contributed by atoms with Crippen molar-refractivity contribution < 1.29 is 4.74 Å². The molecule has 0 unspecified atom stereocenters. The molecule has 3 nitrogen and oxygen atoms in total. The predicted molar refractivity (Wildman–Crippen MR) is 73.8 cm³/mol. The molecule has 1 N–H and O–H groups in total. The number of pyridine rings is 1. The van der Waals surface area contributed by atoms with Crippen LogP contribution in [0.2, 0.25) is 0 Å². The van der Waals surface area contributed by atoms with E-state index in [0.29, 0.717) is 0 Å². The Balaban J connectivity index is 1.74. The van der Waals surface area contributed by atoms with Gasteiger partial charge in [0.15, 0.2) is 0 Å². The average Bonchev–Trinajstić information content (AvgIpc) is 2.46. The molecule has 0 saturated carbocycles. The summed E-state index contributed by atoms with van der Waals surface area (Å²) in [6.07, 6.45) is 4.17. The zero-order valence-corrected chi connectivity index (χ0v) is 10.4. The first-order valence-corrected chi connectivity index (χ1v) is 6.59. The third kappa shape index (κ3) is 2.46. The highest BCUT2D eigenvalue weighted by atomic mass is 16.5. The van der Waals surface area contributed by atoms with Crippen LogP contribution in [0.3, 0.4) is 0 Å². The zero-order valence-electron chi connectivity index (χ0n) is 10.4. The van der Waals surface area contributed by atoms with E-state index in [1.165, 1.54) is 5.39 Å². The number of nitrogens with zero attached hydrogens (tertiary/aromatic N) is 1. The number of fused-ring (bicyclic) bond motifs is 1. The van der Waals surface area contributed by atoms with Crippen molar-refractivity contribution >= 4 is 16.6 Å². The predicted octanol–water partition coefficient (Wildman–Crippen LogP) is 3.07. The fourth-order valence-corrected chi connectivity index (χ4v) is 2.45. The molecule has 1 aromatic carbocycles. The van der Waals surface area contributed by atoms with Crippen LogP contribution >= 0.6 is 0 Å². The van der Waals surface area contributed by atoms with Crippen LogP contribution < -0.4 is 5.32 Å². The summed E-state index contributed by atoms with van der Waals surface area (Å²) in [6.45, 7) is 2.82. The Morgan fingerprint density at radius 1 is 1.17 bits per heavy atom. The fraction of sp³-hybridized carbons (Fsp3) is 0.400. The van der Waals surface area contributed by atoms with E-state index < -0.39 is 0 Å². The lowest BCUT2D eigenvalue weighted by molar-refractivity contribution is 0.0699. The van der Waals surface area contributed by atoms with Gasteiger partial charge in [-0.2, -0.15) is 0 Å². The number of nitrogens with one attached hydrogen (secondary N) is 1. The van der Waals surface area contributed by atoms with Gasteiger partial charge in [0.25, 0.3) is 0 Å². The highest BCUT2D eigenvalue weighted by molar-refractivity contribution is 5.90. The van der Waals surface area contributed by atoms with E-state index in [1.807, 2.05) is 12.3 Å². The van der Waals surface area contributed by atoms with E-state index in [4.69, 9.17) is 4.74 Å². The topological polar surface area (TPSA) is 34.2 Å². The zero-order chi connectivity index (χ0) is 12.2. The van der Waals surface area contributed by atoms with Gasteiger partial charge in [0.2, 0.25) is 0 Å². The van der Waals surface area contributed by atoms with Gasteiger partial charge in [-0.05, 0) is 30.9 Å². The number of hydrogen-bond donors (Lipinski definition) is 1. The summed E-state index contributed by atoms with van der Waals surface area (Å²) in [7, 11) is 0. The highest BCUT2D eigenvalue weighted by Gasteiger charge is 2.13. The monoisotopic (exact) mass is 242 g/mol. The molecule has 1 fully saturated rings. The largest absolute Gasteiger partial charge is 0.383 e. The Bertz CT molecular complexity index is 515. The summed E-state index contributed by atoms with van der Waals surface area (Å²) in [5, 5.41) is 4.73. The van der Waals surface area contributed by atoms with Gasteiger partial charge in [0.05, 0.1) is 11.2 Å². The van der Waals surface area contributed by atoms with Crippen molar-refractivity contribution in [1.82, 2.24) is 4.98 Å². The number of benzene rings is 1. The Labute approximate surface area is 107 Å². The number of ether oxygens (including phenoxy) is 1. The van der Waals surface area contributed by atoms with Crippen molar-refractivity contribution in [2.45, 2.75) is 12.8 Å². The smallest absolute Gasteiger partial charge is 0.0933 e. The molecule has 0 spiro atoms. The van der Waals surface area contributed by atoms with Crippen molar-refractivity contribution in [1.29, 1.82) is 0 Å². The van der Waals surface area contributed by atoms with E-state index in [0.717, 1.165) is 49.7 Å². The van der Waals surface area contributed by atoms with Gasteiger partial charge in [-0.25, -0.2) is 0 Å². The quantitative estimate of drug-likeness (QED) is 0.898. The van der Waals surface area contributed by atoms with Crippen LogP contribution in [0.25, 0.3) is 10.9 Å². The van der Waals surface area contributed by atoms with Crippen LogP contribution in [0.15, 0.2) is 36.5 Å². The molecule has 0 bridgehead atoms. The highest BCUT2D eigenvalue weighted by Crippen LogP contribution is 2.22. The van der Waals surface area contributed by atoms with E-state index in [9.17, 15) is 0 Å². The van der Waals surface area contributed by atoms with Gasteiger partial charge in [0.1, 0.15) is 0 Å². The summed E-state index contributed by atoms with van der Waals surface area (Å²) >= 11 is 0. The number of hydrogen-bond acceptors (Lipinski definition) is 3. The van der Waals surface area contributed by atoms with Crippen LogP contribution in [0.4, 0.5) is 5.69 Å². The van der Waals surface area contributed by atoms with Crippen LogP contribution in [0, 0.1) is 5.92 Å². The standard InChI is InChI=1S/C15H18N2O/c1-3-13-4-2-8-16-15(13)14(5-1)17-11-12-6-9-18-10-7-12/h1-5,8,12,17H,6-7,9-11H2. The minimum atomic E-state index is 0.720. The van der Waals surface area contributed by atoms with Crippen LogP contribution in [-0.2, 0) is 4.74 Å². The van der Waals surface area contributed by atoms with Crippen LogP contribution in [0.5, 0.6) is 0 Å². The summed E-state index contributed by atoms with van der Waals surface area (Å²) < 4.78 is 5.38. The van der Waals surface area contributed by atoms with E-state index >= 15 is 0 Å². The second kappa shape index (κ2) is 5.36. The van der Waals surface area contributed by atoms with Crippen molar-refractivity contribution in [2.24, 2.45) is 5.92 Å². The maximum Gasteiger partial charge on any atom is 0.0933 e. The van der Waals surface area contributed by atoms with Gasteiger partial charge >= 0.3 is 0 Å². The minimum absolute atomic E-state index is 0.720. The van der Waals surface area contributed by atoms with Crippen molar-refractivity contribution in [3.63, 3.8) is 0 Å². The molecule has 18 heavy (non-hydrogen) atoms. The average molecular weight is 242 g/mol. The normalized spacial score (nSPS) is 16.9. The first-order valence-electron chi connectivity index (χ1n) is 6.59. The molecule has 2 heterocycles. The Morgan fingerprint density at radius 2 is 2.00 bits per heavy atom. The summed E-state index contributed by atoms with van der Waals surface area (Å²) in [5.41, 5.74) is 2.20. The first kappa shape index (κ1) is 11.5. The molecule has 1 aliphatic heterocycles. The molecule has 3 rings (SSSR count). The number of para-hydroxylation sites is 1. The molecule has 1 aliphatic rings. The molecular weight excluding hydrogens is 224 g/mol. The second-order valence-corrected chi connectivity index (χ2v) is 4.82. The lowest BCUT2D eigenvalue weighted by Gasteiger charge is -2.22. The van der Waals surface area contributed by atoms with Crippen LogP contribution in [-0.4, -0.2) is 24.7 Å². The molecule has 0 amide bonds. The molecular formula is C15H18N2O. The maximum atomic E-state index is 5.38. The van der Waals surface area contributed by atoms with E-state index in [2.05, 4.69) is 34.6 Å². The van der Waals surface area contributed by atoms with Crippen molar-refractivity contribution in [3.8, 4) is 0 Å². The maximum absolute atomic E-state index is 5.38. The number of anilines is 1. The fourth-order valence-electron chi connectivity index (χ4n) is 2.45. The second-order valence-electron chi connectivity index (χ2n) is 4.82. The van der Waals surface area contributed by atoms with Gasteiger partial charge in [-0.3, -0.25) is 4.98 Å². The first-order chi connectivity index (χ1) is 8.93. The van der Waals surface area contributed by atoms with Crippen LogP contribution in [0.1, 0.15) is 12.8 Å². The molecule has 3 heteroatoms. The van der Waals surface area contributed by atoms with E-state index in [-0.39, 0.29) is 0 Å². The molecule has 2 aromatic rings. The molecule has 1 saturated heterocycles. The number of aromatic nitrogens is 1. The van der Waals surface area contributed by atoms with Gasteiger partial charge in [-0.1, -0.05) is 18.2 Å². The van der Waals surface area contributed by atoms with Gasteiger partial charge in [-0.15, -0.1) is 0 Å². The molecule has 0 atom stereocenters. The third-order valence-electron chi connectivity index (χ3n) is 3.55. The van der Waals surface area contributed by atoms with Gasteiger partial charge in [0, 0.05) is 31.3 Å². The van der Waals surface area contributed by atoms with Crippen molar-refractivity contribution in [2.75, 3.05) is 25.1 Å². The molecule has 0 radical (unpaired) electrons. The summed E-state index contributed by atoms with van der Waals surface area (Å²) in [6, 6.07) is 10.4. The van der Waals surface area contributed by atoms with Gasteiger partial charge < -0.3 is 10.1 Å².